The molecule has 1 heteroatoms. The molecule has 0 nitrogen and oxygen atoms in total. The molecule has 0 unspecified atom stereocenters. The molecule has 1 aliphatic rings. The van der Waals surface area contributed by atoms with Gasteiger partial charge in [-0.15, -0.1) is 11.8 Å². The first kappa shape index (κ1) is 12.1. The second kappa shape index (κ2) is 7.36. The second-order valence-corrected chi connectivity index (χ2v) is 4.49. The van der Waals surface area contributed by atoms with Gasteiger partial charge in [-0.3, -0.25) is 0 Å². The maximum absolute atomic E-state index is 2.21. The molecule has 0 saturated heterocycles. The molecule has 0 atom stereocenters. The highest BCUT2D eigenvalue weighted by Crippen LogP contribution is 2.25. The third kappa shape index (κ3) is 5.48. The van der Waals surface area contributed by atoms with Crippen LogP contribution in [0.2, 0.25) is 0 Å². The van der Waals surface area contributed by atoms with E-state index >= 15 is 0 Å². The SMILES string of the molecule is C\C=C/C(C)=C\C=C\SC1=CC=CCC1. The van der Waals surface area contributed by atoms with Gasteiger partial charge in [0.2, 0.25) is 0 Å². The van der Waals surface area contributed by atoms with Crippen LogP contribution in [-0.2, 0) is 0 Å². The first-order chi connectivity index (χ1) is 7.33. The van der Waals surface area contributed by atoms with Gasteiger partial charge >= 0.3 is 0 Å². The number of hydrogen-bond acceptors (Lipinski definition) is 1. The van der Waals surface area contributed by atoms with Crippen LogP contribution in [0.4, 0.5) is 0 Å². The largest absolute Gasteiger partial charge is 0.103 e. The van der Waals surface area contributed by atoms with Crippen molar-refractivity contribution in [1.82, 2.24) is 0 Å². The van der Waals surface area contributed by atoms with Crippen molar-refractivity contribution < 1.29 is 0 Å². The fourth-order valence-corrected chi connectivity index (χ4v) is 2.04. The lowest BCUT2D eigenvalue weighted by Gasteiger charge is -2.03. The molecule has 0 bridgehead atoms. The molecule has 0 fully saturated rings. The summed E-state index contributed by atoms with van der Waals surface area (Å²) in [6.45, 7) is 4.15. The third-order valence-electron chi connectivity index (χ3n) is 2.06. The van der Waals surface area contributed by atoms with Gasteiger partial charge in [-0.1, -0.05) is 48.1 Å². The Kier molecular flexibility index (Phi) is 5.94. The van der Waals surface area contributed by atoms with Crippen LogP contribution >= 0.6 is 11.8 Å². The summed E-state index contributed by atoms with van der Waals surface area (Å²) in [5.74, 6) is 0. The average molecular weight is 218 g/mol. The van der Waals surface area contributed by atoms with Crippen molar-refractivity contribution in [3.63, 3.8) is 0 Å². The van der Waals surface area contributed by atoms with E-state index in [2.05, 4.69) is 54.9 Å². The topological polar surface area (TPSA) is 0 Å². The summed E-state index contributed by atoms with van der Waals surface area (Å²) in [4.78, 5) is 1.45. The van der Waals surface area contributed by atoms with E-state index < -0.39 is 0 Å². The van der Waals surface area contributed by atoms with Crippen molar-refractivity contribution in [2.75, 3.05) is 0 Å². The highest BCUT2D eigenvalue weighted by Gasteiger charge is 1.96. The third-order valence-corrected chi connectivity index (χ3v) is 3.00. The van der Waals surface area contributed by atoms with Gasteiger partial charge in [0.15, 0.2) is 0 Å². The van der Waals surface area contributed by atoms with Crippen molar-refractivity contribution in [2.24, 2.45) is 0 Å². The Hall–Kier alpha value is -0.950. The van der Waals surface area contributed by atoms with Crippen molar-refractivity contribution in [2.45, 2.75) is 26.7 Å². The van der Waals surface area contributed by atoms with Gasteiger partial charge in [0.1, 0.15) is 0 Å². The molecule has 0 aromatic rings. The zero-order valence-electron chi connectivity index (χ0n) is 9.44. The molecule has 0 spiro atoms. The van der Waals surface area contributed by atoms with Gasteiger partial charge in [0.25, 0.3) is 0 Å². The minimum absolute atomic E-state index is 1.18. The molecule has 1 aliphatic carbocycles. The molecule has 0 aromatic heterocycles. The van der Waals surface area contributed by atoms with Crippen LogP contribution < -0.4 is 0 Å². The molecule has 15 heavy (non-hydrogen) atoms. The summed E-state index contributed by atoms with van der Waals surface area (Å²) in [7, 11) is 0. The Bertz CT molecular complexity index is 327. The smallest absolute Gasteiger partial charge is 0.0105 e. The van der Waals surface area contributed by atoms with Gasteiger partial charge in [-0.2, -0.15) is 0 Å². The number of hydrogen-bond donors (Lipinski definition) is 0. The Morgan fingerprint density at radius 3 is 3.00 bits per heavy atom. The molecule has 0 aliphatic heterocycles. The summed E-state index contributed by atoms with van der Waals surface area (Å²) in [5, 5.41) is 2.15. The lowest BCUT2D eigenvalue weighted by molar-refractivity contribution is 1.02. The van der Waals surface area contributed by atoms with Crippen LogP contribution in [0.15, 0.2) is 58.4 Å². The molecule has 0 radical (unpaired) electrons. The minimum Gasteiger partial charge on any atom is -0.103 e. The average Bonchev–Trinajstić information content (AvgIpc) is 2.26. The van der Waals surface area contributed by atoms with Gasteiger partial charge < -0.3 is 0 Å². The lowest BCUT2D eigenvalue weighted by Crippen LogP contribution is -1.79. The monoisotopic (exact) mass is 218 g/mol. The lowest BCUT2D eigenvalue weighted by atomic mass is 10.2. The van der Waals surface area contributed by atoms with E-state index in [4.69, 9.17) is 0 Å². The Morgan fingerprint density at radius 2 is 2.33 bits per heavy atom. The van der Waals surface area contributed by atoms with E-state index in [0.717, 1.165) is 0 Å². The Balaban J connectivity index is 2.36. The van der Waals surface area contributed by atoms with E-state index in [1.807, 2.05) is 18.7 Å². The number of thioether (sulfide) groups is 1. The molecule has 0 amide bonds. The second-order valence-electron chi connectivity index (χ2n) is 3.46. The highest BCUT2D eigenvalue weighted by molar-refractivity contribution is 8.05. The quantitative estimate of drug-likeness (QED) is 0.599. The summed E-state index contributed by atoms with van der Waals surface area (Å²) < 4.78 is 0. The first-order valence-corrected chi connectivity index (χ1v) is 6.19. The van der Waals surface area contributed by atoms with E-state index in [1.54, 1.807) is 0 Å². The number of allylic oxidation sites excluding steroid dienone is 9. The van der Waals surface area contributed by atoms with E-state index in [9.17, 15) is 0 Å². The normalized spacial score (nSPS) is 17.7. The van der Waals surface area contributed by atoms with Crippen LogP contribution in [0.1, 0.15) is 26.7 Å². The summed E-state index contributed by atoms with van der Waals surface area (Å²) in [5.41, 5.74) is 1.28. The van der Waals surface area contributed by atoms with Crippen LogP contribution in [-0.4, -0.2) is 0 Å². The molecule has 1 rings (SSSR count). The predicted octanol–water partition coefficient (Wildman–Crippen LogP) is 4.99. The first-order valence-electron chi connectivity index (χ1n) is 5.31. The van der Waals surface area contributed by atoms with Crippen molar-refractivity contribution in [3.05, 3.63) is 58.4 Å². The van der Waals surface area contributed by atoms with E-state index in [-0.39, 0.29) is 0 Å². The predicted molar refractivity (Wildman–Crippen MR) is 71.8 cm³/mol. The molecule has 0 saturated carbocycles. The van der Waals surface area contributed by atoms with Gasteiger partial charge in [0.05, 0.1) is 0 Å². The molecule has 80 valence electrons. The fourth-order valence-electron chi connectivity index (χ4n) is 1.31. The Morgan fingerprint density at radius 1 is 1.47 bits per heavy atom. The zero-order chi connectivity index (χ0) is 10.9. The molecule has 0 heterocycles. The highest BCUT2D eigenvalue weighted by atomic mass is 32.2. The van der Waals surface area contributed by atoms with Gasteiger partial charge in [-0.25, -0.2) is 0 Å². The van der Waals surface area contributed by atoms with E-state index in [0.29, 0.717) is 0 Å². The van der Waals surface area contributed by atoms with Crippen molar-refractivity contribution in [1.29, 1.82) is 0 Å². The molecular formula is C14H18S. The Labute approximate surface area is 97.2 Å². The number of rotatable bonds is 4. The van der Waals surface area contributed by atoms with Crippen molar-refractivity contribution >= 4 is 11.8 Å². The summed E-state index contributed by atoms with van der Waals surface area (Å²) in [6, 6.07) is 0. The zero-order valence-corrected chi connectivity index (χ0v) is 10.3. The molecule has 0 aromatic carbocycles. The van der Waals surface area contributed by atoms with Crippen molar-refractivity contribution in [3.8, 4) is 0 Å². The van der Waals surface area contributed by atoms with Crippen LogP contribution in [0.3, 0.4) is 0 Å². The van der Waals surface area contributed by atoms with Gasteiger partial charge in [-0.05, 0) is 37.0 Å². The fraction of sp³-hybridized carbons (Fsp3) is 0.286. The maximum Gasteiger partial charge on any atom is -0.0105 e. The van der Waals surface area contributed by atoms with Crippen LogP contribution in [0.5, 0.6) is 0 Å². The molecule has 0 N–H and O–H groups in total. The summed E-state index contributed by atoms with van der Waals surface area (Å²) in [6.07, 6.45) is 17.3. The van der Waals surface area contributed by atoms with Crippen LogP contribution in [0, 0.1) is 0 Å². The minimum atomic E-state index is 1.18. The van der Waals surface area contributed by atoms with Crippen LogP contribution in [0.25, 0.3) is 0 Å². The molecular weight excluding hydrogens is 200 g/mol. The van der Waals surface area contributed by atoms with E-state index in [1.165, 1.54) is 23.3 Å². The maximum atomic E-state index is 2.21. The standard InChI is InChI=1S/C14H18S/c1-3-8-13(2)9-7-12-15-14-10-5-4-6-11-14/h3-5,7-10,12H,6,11H2,1-2H3/b8-3-,12-7+,13-9-. The van der Waals surface area contributed by atoms with Gasteiger partial charge in [0, 0.05) is 0 Å². The summed E-state index contributed by atoms with van der Waals surface area (Å²) >= 11 is 1.82.